The summed E-state index contributed by atoms with van der Waals surface area (Å²) >= 11 is 3.38. The molecule has 156 valence electrons. The van der Waals surface area contributed by atoms with Crippen LogP contribution in [0.4, 0.5) is 0 Å². The summed E-state index contributed by atoms with van der Waals surface area (Å²) in [5, 5.41) is 2.91. The van der Waals surface area contributed by atoms with Crippen molar-refractivity contribution in [2.24, 2.45) is 0 Å². The highest BCUT2D eigenvalue weighted by atomic mass is 79.9. The Labute approximate surface area is 181 Å². The number of carbonyl (C=O) groups is 2. The molecule has 0 saturated carbocycles. The van der Waals surface area contributed by atoms with Gasteiger partial charge >= 0.3 is 0 Å². The maximum absolute atomic E-state index is 12.9. The molecule has 0 unspecified atom stereocenters. The van der Waals surface area contributed by atoms with E-state index in [1.54, 1.807) is 24.0 Å². The van der Waals surface area contributed by atoms with Crippen molar-refractivity contribution >= 4 is 27.7 Å². The number of nitrogens with one attached hydrogen (secondary N) is 1. The molecule has 0 fully saturated rings. The van der Waals surface area contributed by atoms with Crippen LogP contribution in [0.25, 0.3) is 0 Å². The Bertz CT molecular complexity index is 791. The number of carbonyl (C=O) groups excluding carboxylic acids is 2. The second kappa shape index (κ2) is 11.6. The molecular weight excluding hydrogens is 432 g/mol. The molecule has 0 saturated heterocycles. The van der Waals surface area contributed by atoms with Gasteiger partial charge in [0.1, 0.15) is 11.8 Å². The molecule has 5 nitrogen and oxygen atoms in total. The van der Waals surface area contributed by atoms with Crippen molar-refractivity contribution in [3.05, 3.63) is 64.1 Å². The molecule has 2 rings (SSSR count). The van der Waals surface area contributed by atoms with Crippen LogP contribution in [0.1, 0.15) is 37.8 Å². The van der Waals surface area contributed by atoms with E-state index in [0.29, 0.717) is 18.8 Å². The van der Waals surface area contributed by atoms with E-state index in [2.05, 4.69) is 28.2 Å². The predicted molar refractivity (Wildman–Crippen MR) is 119 cm³/mol. The van der Waals surface area contributed by atoms with Crippen molar-refractivity contribution in [2.45, 2.75) is 46.2 Å². The predicted octanol–water partition coefficient (Wildman–Crippen LogP) is 4.47. The zero-order chi connectivity index (χ0) is 21.2. The van der Waals surface area contributed by atoms with Crippen LogP contribution in [0, 0.1) is 6.92 Å². The average Bonchev–Trinajstić information content (AvgIpc) is 2.72. The minimum Gasteiger partial charge on any atom is -0.484 e. The van der Waals surface area contributed by atoms with Gasteiger partial charge in [-0.15, -0.1) is 0 Å². The van der Waals surface area contributed by atoms with E-state index < -0.39 is 6.04 Å². The van der Waals surface area contributed by atoms with Crippen LogP contribution < -0.4 is 10.1 Å². The first-order valence-corrected chi connectivity index (χ1v) is 10.7. The second-order valence-electron chi connectivity index (χ2n) is 7.07. The van der Waals surface area contributed by atoms with Gasteiger partial charge in [0.25, 0.3) is 5.91 Å². The summed E-state index contributed by atoms with van der Waals surface area (Å²) in [4.78, 5) is 27.1. The molecule has 1 atom stereocenters. The van der Waals surface area contributed by atoms with E-state index in [1.807, 2.05) is 43.3 Å². The van der Waals surface area contributed by atoms with Gasteiger partial charge in [-0.1, -0.05) is 59.1 Å². The number of amides is 2. The number of hydrogen-bond acceptors (Lipinski definition) is 3. The molecule has 2 amide bonds. The molecule has 0 aliphatic rings. The SMILES string of the molecule is CCCCNC(=O)[C@H](C)N(Cc1ccc(C)cc1)C(=O)COc1ccc(Br)cc1. The van der Waals surface area contributed by atoms with Gasteiger partial charge < -0.3 is 15.0 Å². The van der Waals surface area contributed by atoms with Crippen LogP contribution in [0.5, 0.6) is 5.75 Å². The molecule has 0 aromatic heterocycles. The molecule has 0 bridgehead atoms. The summed E-state index contributed by atoms with van der Waals surface area (Å²) in [6, 6.07) is 14.7. The Morgan fingerprint density at radius 2 is 1.76 bits per heavy atom. The van der Waals surface area contributed by atoms with Gasteiger partial charge in [0.15, 0.2) is 6.61 Å². The van der Waals surface area contributed by atoms with Crippen LogP contribution in [-0.4, -0.2) is 35.9 Å². The molecule has 6 heteroatoms. The maximum atomic E-state index is 12.9. The Morgan fingerprint density at radius 3 is 2.38 bits per heavy atom. The summed E-state index contributed by atoms with van der Waals surface area (Å²) in [5.74, 6) is 0.228. The van der Waals surface area contributed by atoms with Gasteiger partial charge in [-0.3, -0.25) is 9.59 Å². The lowest BCUT2D eigenvalue weighted by Crippen LogP contribution is -2.49. The number of halogens is 1. The Kier molecular flexibility index (Phi) is 9.19. The molecule has 1 N–H and O–H groups in total. The van der Waals surface area contributed by atoms with Crippen LogP contribution in [0.3, 0.4) is 0 Å². The van der Waals surface area contributed by atoms with Gasteiger partial charge in [0.2, 0.25) is 5.91 Å². The molecule has 0 radical (unpaired) electrons. The zero-order valence-electron chi connectivity index (χ0n) is 17.3. The van der Waals surface area contributed by atoms with Crippen LogP contribution in [0.2, 0.25) is 0 Å². The highest BCUT2D eigenvalue weighted by molar-refractivity contribution is 9.10. The first-order chi connectivity index (χ1) is 13.9. The van der Waals surface area contributed by atoms with Gasteiger partial charge in [-0.05, 0) is 50.1 Å². The summed E-state index contributed by atoms with van der Waals surface area (Å²) < 4.78 is 6.58. The fraction of sp³-hybridized carbons (Fsp3) is 0.391. The Hall–Kier alpha value is -2.34. The van der Waals surface area contributed by atoms with Crippen LogP contribution in [0.15, 0.2) is 53.0 Å². The summed E-state index contributed by atoms with van der Waals surface area (Å²) in [6.07, 6.45) is 1.92. The molecule has 2 aromatic rings. The highest BCUT2D eigenvalue weighted by Crippen LogP contribution is 2.17. The first-order valence-electron chi connectivity index (χ1n) is 9.91. The number of nitrogens with zero attached hydrogens (tertiary/aromatic N) is 1. The number of rotatable bonds is 10. The molecule has 29 heavy (non-hydrogen) atoms. The number of ether oxygens (including phenoxy) is 1. The van der Waals surface area contributed by atoms with Crippen LogP contribution in [-0.2, 0) is 16.1 Å². The molecule has 0 heterocycles. The highest BCUT2D eigenvalue weighted by Gasteiger charge is 2.26. The van der Waals surface area contributed by atoms with Crippen molar-refractivity contribution in [2.75, 3.05) is 13.2 Å². The number of unbranched alkanes of at least 4 members (excludes halogenated alkanes) is 1. The topological polar surface area (TPSA) is 58.6 Å². The quantitative estimate of drug-likeness (QED) is 0.532. The van der Waals surface area contributed by atoms with E-state index in [1.165, 1.54) is 0 Å². The third-order valence-corrected chi connectivity index (χ3v) is 5.17. The third kappa shape index (κ3) is 7.54. The fourth-order valence-corrected chi connectivity index (χ4v) is 3.03. The van der Waals surface area contributed by atoms with Gasteiger partial charge in [-0.25, -0.2) is 0 Å². The molecule has 0 aliphatic heterocycles. The minimum absolute atomic E-state index is 0.125. The third-order valence-electron chi connectivity index (χ3n) is 4.65. The standard InChI is InChI=1S/C23H29BrN2O3/c1-4-5-14-25-23(28)18(3)26(15-19-8-6-17(2)7-9-19)22(27)16-29-21-12-10-20(24)11-13-21/h6-13,18H,4-5,14-16H2,1-3H3,(H,25,28)/t18-/m0/s1. The molecule has 2 aromatic carbocycles. The lowest BCUT2D eigenvalue weighted by atomic mass is 10.1. The first kappa shape index (κ1) is 22.9. The Balaban J connectivity index is 2.08. The molecular formula is C23H29BrN2O3. The van der Waals surface area contributed by atoms with Crippen molar-refractivity contribution in [1.82, 2.24) is 10.2 Å². The van der Waals surface area contributed by atoms with Gasteiger partial charge in [-0.2, -0.15) is 0 Å². The van der Waals surface area contributed by atoms with E-state index in [-0.39, 0.29) is 18.4 Å². The number of aryl methyl sites for hydroxylation is 1. The van der Waals surface area contributed by atoms with Crippen LogP contribution >= 0.6 is 15.9 Å². The number of benzene rings is 2. The largest absolute Gasteiger partial charge is 0.484 e. The summed E-state index contributed by atoms with van der Waals surface area (Å²) in [6.45, 7) is 6.69. The van der Waals surface area contributed by atoms with E-state index in [0.717, 1.165) is 28.4 Å². The molecule has 0 spiro atoms. The van der Waals surface area contributed by atoms with Crippen molar-refractivity contribution in [3.8, 4) is 5.75 Å². The maximum Gasteiger partial charge on any atom is 0.261 e. The van der Waals surface area contributed by atoms with Gasteiger partial charge in [0, 0.05) is 17.6 Å². The van der Waals surface area contributed by atoms with Crippen molar-refractivity contribution in [3.63, 3.8) is 0 Å². The fourth-order valence-electron chi connectivity index (χ4n) is 2.77. The second-order valence-corrected chi connectivity index (χ2v) is 7.99. The van der Waals surface area contributed by atoms with Gasteiger partial charge in [0.05, 0.1) is 0 Å². The lowest BCUT2D eigenvalue weighted by Gasteiger charge is -2.28. The molecule has 0 aliphatic carbocycles. The number of hydrogen-bond donors (Lipinski definition) is 1. The van der Waals surface area contributed by atoms with E-state index >= 15 is 0 Å². The minimum atomic E-state index is -0.589. The monoisotopic (exact) mass is 460 g/mol. The average molecular weight is 461 g/mol. The normalized spacial score (nSPS) is 11.6. The lowest BCUT2D eigenvalue weighted by molar-refractivity contribution is -0.142. The summed E-state index contributed by atoms with van der Waals surface area (Å²) in [5.41, 5.74) is 2.12. The van der Waals surface area contributed by atoms with E-state index in [9.17, 15) is 9.59 Å². The van der Waals surface area contributed by atoms with E-state index in [4.69, 9.17) is 4.74 Å². The Morgan fingerprint density at radius 1 is 1.10 bits per heavy atom. The van der Waals surface area contributed by atoms with Crippen molar-refractivity contribution < 1.29 is 14.3 Å². The van der Waals surface area contributed by atoms with Crippen molar-refractivity contribution in [1.29, 1.82) is 0 Å². The zero-order valence-corrected chi connectivity index (χ0v) is 18.9. The summed E-state index contributed by atoms with van der Waals surface area (Å²) in [7, 11) is 0. The smallest absolute Gasteiger partial charge is 0.261 e.